The fourth-order valence-corrected chi connectivity index (χ4v) is 3.01. The van der Waals surface area contributed by atoms with Gasteiger partial charge in [0.15, 0.2) is 0 Å². The maximum atomic E-state index is 13.1. The van der Waals surface area contributed by atoms with Crippen LogP contribution in [0.2, 0.25) is 5.02 Å². The normalized spacial score (nSPS) is 10.4. The molecule has 7 heteroatoms. The molecule has 0 saturated carbocycles. The molecule has 0 unspecified atom stereocenters. The summed E-state index contributed by atoms with van der Waals surface area (Å²) in [4.78, 5) is 18.8. The number of pyridine rings is 1. The average molecular weight is 380 g/mol. The van der Waals surface area contributed by atoms with E-state index in [2.05, 4.69) is 16.2 Å². The number of carbonyl (C=O) groups excluding carboxylic acids is 1. The molecule has 0 radical (unpaired) electrons. The third kappa shape index (κ3) is 4.33. The molecule has 0 fully saturated rings. The van der Waals surface area contributed by atoms with Crippen LogP contribution in [0.1, 0.15) is 22.5 Å². The Balaban J connectivity index is 1.89. The molecule has 0 atom stereocenters. The van der Waals surface area contributed by atoms with E-state index >= 15 is 0 Å². The van der Waals surface area contributed by atoms with Crippen LogP contribution in [0.4, 0.5) is 0 Å². The summed E-state index contributed by atoms with van der Waals surface area (Å²) in [7, 11) is 1.72. The van der Waals surface area contributed by atoms with Gasteiger partial charge in [-0.15, -0.1) is 0 Å². The van der Waals surface area contributed by atoms with Gasteiger partial charge >= 0.3 is 0 Å². The van der Waals surface area contributed by atoms with E-state index in [4.69, 9.17) is 16.9 Å². The first kappa shape index (κ1) is 18.6. The average Bonchev–Trinajstić information content (AvgIpc) is 3.07. The lowest BCUT2D eigenvalue weighted by atomic mass is 10.1. The van der Waals surface area contributed by atoms with Crippen LogP contribution in [-0.2, 0) is 13.6 Å². The number of hydrogen-bond donors (Lipinski definition) is 0. The van der Waals surface area contributed by atoms with E-state index in [1.54, 1.807) is 41.2 Å². The van der Waals surface area contributed by atoms with Gasteiger partial charge in [0, 0.05) is 38.1 Å². The van der Waals surface area contributed by atoms with Crippen molar-refractivity contribution in [1.82, 2.24) is 19.7 Å². The zero-order valence-corrected chi connectivity index (χ0v) is 15.6. The molecular weight excluding hydrogens is 362 g/mol. The van der Waals surface area contributed by atoms with Crippen LogP contribution in [0.3, 0.4) is 0 Å². The van der Waals surface area contributed by atoms with Crippen LogP contribution < -0.4 is 0 Å². The summed E-state index contributed by atoms with van der Waals surface area (Å²) in [5.41, 5.74) is 2.74. The molecule has 0 aliphatic carbocycles. The minimum absolute atomic E-state index is 0.192. The highest BCUT2D eigenvalue weighted by atomic mass is 35.5. The van der Waals surface area contributed by atoms with Gasteiger partial charge in [-0.1, -0.05) is 35.9 Å². The van der Waals surface area contributed by atoms with Crippen molar-refractivity contribution in [3.05, 3.63) is 71.1 Å². The van der Waals surface area contributed by atoms with Gasteiger partial charge < -0.3 is 4.90 Å². The lowest BCUT2D eigenvalue weighted by Crippen LogP contribution is -2.32. The van der Waals surface area contributed by atoms with Crippen molar-refractivity contribution in [1.29, 1.82) is 5.26 Å². The van der Waals surface area contributed by atoms with Crippen molar-refractivity contribution >= 4 is 17.5 Å². The Morgan fingerprint density at radius 1 is 1.30 bits per heavy atom. The summed E-state index contributed by atoms with van der Waals surface area (Å²) in [5, 5.41) is 14.0. The Morgan fingerprint density at radius 3 is 2.81 bits per heavy atom. The number of amides is 1. The minimum atomic E-state index is -0.192. The quantitative estimate of drug-likeness (QED) is 0.654. The Labute approximate surface area is 162 Å². The molecule has 136 valence electrons. The highest BCUT2D eigenvalue weighted by molar-refractivity contribution is 6.33. The van der Waals surface area contributed by atoms with Gasteiger partial charge in [-0.25, -0.2) is 0 Å². The Kier molecular flexibility index (Phi) is 5.84. The smallest absolute Gasteiger partial charge is 0.272 e. The lowest BCUT2D eigenvalue weighted by Gasteiger charge is -2.21. The maximum Gasteiger partial charge on any atom is 0.272 e. The van der Waals surface area contributed by atoms with E-state index < -0.39 is 0 Å². The maximum absolute atomic E-state index is 13.1. The molecule has 3 rings (SSSR count). The monoisotopic (exact) mass is 379 g/mol. The molecule has 2 heterocycles. The number of rotatable bonds is 6. The van der Waals surface area contributed by atoms with Gasteiger partial charge in [0.2, 0.25) is 0 Å². The van der Waals surface area contributed by atoms with Crippen LogP contribution in [0.15, 0.2) is 54.9 Å². The van der Waals surface area contributed by atoms with Crippen molar-refractivity contribution in [3.8, 4) is 17.3 Å². The summed E-state index contributed by atoms with van der Waals surface area (Å²) in [5.74, 6) is -0.192. The molecule has 2 aromatic heterocycles. The summed E-state index contributed by atoms with van der Waals surface area (Å²) in [6.45, 7) is 0.706. The lowest BCUT2D eigenvalue weighted by molar-refractivity contribution is 0.0735. The summed E-state index contributed by atoms with van der Waals surface area (Å²) < 4.78 is 1.55. The second-order valence-corrected chi connectivity index (χ2v) is 6.42. The van der Waals surface area contributed by atoms with Gasteiger partial charge in [0.25, 0.3) is 5.91 Å². The van der Waals surface area contributed by atoms with Gasteiger partial charge in [-0.05, 0) is 23.8 Å². The number of aromatic nitrogens is 3. The first-order valence-electron chi connectivity index (χ1n) is 8.44. The molecule has 6 nitrogen and oxygen atoms in total. The second kappa shape index (κ2) is 8.47. The minimum Gasteiger partial charge on any atom is -0.332 e. The van der Waals surface area contributed by atoms with E-state index in [-0.39, 0.29) is 12.3 Å². The molecule has 0 spiro atoms. The third-order valence-electron chi connectivity index (χ3n) is 4.13. The number of aryl methyl sites for hydroxylation is 1. The topological polar surface area (TPSA) is 74.8 Å². The van der Waals surface area contributed by atoms with Gasteiger partial charge in [0.1, 0.15) is 5.69 Å². The number of benzene rings is 1. The molecule has 27 heavy (non-hydrogen) atoms. The first-order valence-corrected chi connectivity index (χ1v) is 8.82. The third-order valence-corrected chi connectivity index (χ3v) is 4.46. The highest BCUT2D eigenvalue weighted by Gasteiger charge is 2.21. The Bertz CT molecular complexity index is 978. The molecule has 0 N–H and O–H groups in total. The summed E-state index contributed by atoms with van der Waals surface area (Å²) in [6.07, 6.45) is 3.65. The first-order chi connectivity index (χ1) is 13.1. The van der Waals surface area contributed by atoms with E-state index in [0.717, 1.165) is 11.1 Å². The number of hydrogen-bond acceptors (Lipinski definition) is 4. The van der Waals surface area contributed by atoms with Crippen molar-refractivity contribution in [2.24, 2.45) is 7.05 Å². The fourth-order valence-electron chi connectivity index (χ4n) is 2.78. The van der Waals surface area contributed by atoms with Crippen LogP contribution in [0, 0.1) is 11.3 Å². The van der Waals surface area contributed by atoms with Gasteiger partial charge in [-0.3, -0.25) is 14.5 Å². The fraction of sp³-hybridized carbons (Fsp3) is 0.200. The molecular formula is C20H18ClN5O. The van der Waals surface area contributed by atoms with E-state index in [0.29, 0.717) is 29.5 Å². The Morgan fingerprint density at radius 2 is 2.11 bits per heavy atom. The molecule has 0 bridgehead atoms. The Hall–Kier alpha value is -3.17. The second-order valence-electron chi connectivity index (χ2n) is 6.01. The summed E-state index contributed by atoms with van der Waals surface area (Å²) in [6, 6.07) is 14.9. The van der Waals surface area contributed by atoms with Crippen LogP contribution in [0.25, 0.3) is 11.3 Å². The molecule has 0 aliphatic rings. The number of nitriles is 1. The molecule has 1 aromatic carbocycles. The standard InChI is InChI=1S/C20H18ClN5O/c1-25-19(12-18(24-25)16-7-2-3-8-17(16)21)20(27)26(11-5-9-22)14-15-6-4-10-23-13-15/h2-4,6-8,10,12-13H,5,11,14H2,1H3. The highest BCUT2D eigenvalue weighted by Crippen LogP contribution is 2.27. The predicted molar refractivity (Wildman–Crippen MR) is 103 cm³/mol. The van der Waals surface area contributed by atoms with E-state index in [1.165, 1.54) is 0 Å². The van der Waals surface area contributed by atoms with E-state index in [9.17, 15) is 4.79 Å². The zero-order chi connectivity index (χ0) is 19.2. The number of halogens is 1. The largest absolute Gasteiger partial charge is 0.332 e. The van der Waals surface area contributed by atoms with Crippen molar-refractivity contribution in [3.63, 3.8) is 0 Å². The van der Waals surface area contributed by atoms with E-state index in [1.807, 2.05) is 30.3 Å². The zero-order valence-electron chi connectivity index (χ0n) is 14.8. The van der Waals surface area contributed by atoms with Crippen molar-refractivity contribution in [2.75, 3.05) is 6.54 Å². The number of nitrogens with zero attached hydrogens (tertiary/aromatic N) is 5. The number of carbonyl (C=O) groups is 1. The van der Waals surface area contributed by atoms with Crippen molar-refractivity contribution in [2.45, 2.75) is 13.0 Å². The predicted octanol–water partition coefficient (Wildman–Crippen LogP) is 3.69. The van der Waals surface area contributed by atoms with Gasteiger partial charge in [0.05, 0.1) is 23.2 Å². The molecule has 3 aromatic rings. The van der Waals surface area contributed by atoms with Crippen molar-refractivity contribution < 1.29 is 4.79 Å². The summed E-state index contributed by atoms with van der Waals surface area (Å²) >= 11 is 6.25. The van der Waals surface area contributed by atoms with Gasteiger partial charge in [-0.2, -0.15) is 10.4 Å². The van der Waals surface area contributed by atoms with Crippen LogP contribution in [0.5, 0.6) is 0 Å². The van der Waals surface area contributed by atoms with Crippen LogP contribution in [-0.4, -0.2) is 32.1 Å². The SMILES string of the molecule is Cn1nc(-c2ccccc2Cl)cc1C(=O)N(CCC#N)Cc1cccnc1. The molecule has 1 amide bonds. The molecule has 0 aliphatic heterocycles. The van der Waals surface area contributed by atoms with Crippen LogP contribution >= 0.6 is 11.6 Å². The molecule has 0 saturated heterocycles.